The summed E-state index contributed by atoms with van der Waals surface area (Å²) >= 11 is 0. The molecule has 0 saturated heterocycles. The van der Waals surface area contributed by atoms with Crippen molar-refractivity contribution in [2.45, 2.75) is 0 Å². The molecule has 98 valence electrons. The number of imidazole rings is 1. The highest BCUT2D eigenvalue weighted by Gasteiger charge is 2.04. The quantitative estimate of drug-likeness (QED) is 0.538. The summed E-state index contributed by atoms with van der Waals surface area (Å²) in [4.78, 5) is 14.6. The minimum absolute atomic E-state index is 0.0835. The Bertz CT molecular complexity index is 805. The molecule has 5 heteroatoms. The Balaban J connectivity index is 1.94. The molecule has 0 aliphatic carbocycles. The first kappa shape index (κ1) is 12.1. The van der Waals surface area contributed by atoms with Crippen LogP contribution in [0.15, 0.2) is 54.9 Å². The monoisotopic (exact) mass is 265 g/mol. The predicted octanol–water partition coefficient (Wildman–Crippen LogP) is 3.41. The van der Waals surface area contributed by atoms with Crippen LogP contribution in [0.3, 0.4) is 0 Å². The Labute approximate surface area is 115 Å². The minimum atomic E-state index is -0.401. The number of nitro benzene ring substituents is 1. The van der Waals surface area contributed by atoms with Gasteiger partial charge in [-0.3, -0.25) is 10.1 Å². The summed E-state index contributed by atoms with van der Waals surface area (Å²) in [5, 5.41) is 10.7. The van der Waals surface area contributed by atoms with Gasteiger partial charge in [-0.05, 0) is 23.8 Å². The number of nitrogens with zero attached hydrogens (tertiary/aromatic N) is 3. The third-order valence-corrected chi connectivity index (χ3v) is 2.97. The van der Waals surface area contributed by atoms with Crippen LogP contribution in [0.5, 0.6) is 0 Å². The molecule has 20 heavy (non-hydrogen) atoms. The summed E-state index contributed by atoms with van der Waals surface area (Å²) in [5.74, 6) is 0.784. The van der Waals surface area contributed by atoms with Crippen molar-refractivity contribution in [1.29, 1.82) is 0 Å². The molecule has 0 fully saturated rings. The van der Waals surface area contributed by atoms with E-state index in [2.05, 4.69) is 4.98 Å². The van der Waals surface area contributed by atoms with Gasteiger partial charge in [-0.2, -0.15) is 0 Å². The second kappa shape index (κ2) is 4.97. The molecule has 0 spiro atoms. The number of non-ortho nitro benzene ring substituents is 1. The largest absolute Gasteiger partial charge is 0.300 e. The van der Waals surface area contributed by atoms with Gasteiger partial charge in [-0.15, -0.1) is 0 Å². The van der Waals surface area contributed by atoms with Gasteiger partial charge >= 0.3 is 0 Å². The van der Waals surface area contributed by atoms with Gasteiger partial charge in [0.25, 0.3) is 5.69 Å². The summed E-state index contributed by atoms with van der Waals surface area (Å²) < 4.78 is 1.95. The Kier molecular flexibility index (Phi) is 3.01. The molecule has 0 aliphatic rings. The Morgan fingerprint density at radius 1 is 1.15 bits per heavy atom. The molecule has 0 unspecified atom stereocenters. The van der Waals surface area contributed by atoms with Crippen LogP contribution in [-0.2, 0) is 0 Å². The molecule has 0 N–H and O–H groups in total. The number of hydrogen-bond acceptors (Lipinski definition) is 3. The number of nitro groups is 1. The molecule has 0 radical (unpaired) electrons. The van der Waals surface area contributed by atoms with Crippen LogP contribution in [0.1, 0.15) is 11.4 Å². The smallest absolute Gasteiger partial charge is 0.270 e. The van der Waals surface area contributed by atoms with E-state index in [0.717, 1.165) is 16.9 Å². The molecule has 0 atom stereocenters. The topological polar surface area (TPSA) is 60.4 Å². The third kappa shape index (κ3) is 2.29. The fourth-order valence-corrected chi connectivity index (χ4v) is 2.00. The summed E-state index contributed by atoms with van der Waals surface area (Å²) in [6, 6.07) is 12.3. The van der Waals surface area contributed by atoms with Crippen molar-refractivity contribution < 1.29 is 4.92 Å². The van der Waals surface area contributed by atoms with Crippen LogP contribution < -0.4 is 0 Å². The maximum atomic E-state index is 10.7. The van der Waals surface area contributed by atoms with Crippen LogP contribution in [-0.4, -0.2) is 14.3 Å². The van der Waals surface area contributed by atoms with Crippen molar-refractivity contribution in [1.82, 2.24) is 9.38 Å². The molecule has 3 aromatic rings. The summed E-state index contributed by atoms with van der Waals surface area (Å²) in [6.45, 7) is 0. The van der Waals surface area contributed by atoms with Crippen LogP contribution >= 0.6 is 0 Å². The number of rotatable bonds is 3. The van der Waals surface area contributed by atoms with Gasteiger partial charge < -0.3 is 4.40 Å². The van der Waals surface area contributed by atoms with Crippen molar-refractivity contribution >= 4 is 23.4 Å². The number of pyridine rings is 1. The second-order valence-corrected chi connectivity index (χ2v) is 4.30. The highest BCUT2D eigenvalue weighted by atomic mass is 16.6. The minimum Gasteiger partial charge on any atom is -0.300 e. The standard InChI is InChI=1S/C15H11N3O2/c19-18(20)13-6-3-4-12(10-13)7-8-15-16-11-14-5-1-2-9-17(14)15/h1-11H/b8-7+. The van der Waals surface area contributed by atoms with Gasteiger partial charge in [0.05, 0.1) is 16.6 Å². The van der Waals surface area contributed by atoms with Gasteiger partial charge in [-0.25, -0.2) is 4.98 Å². The van der Waals surface area contributed by atoms with Crippen molar-refractivity contribution in [2.24, 2.45) is 0 Å². The first-order chi connectivity index (χ1) is 9.74. The van der Waals surface area contributed by atoms with E-state index in [0.29, 0.717) is 0 Å². The lowest BCUT2D eigenvalue weighted by Crippen LogP contribution is -1.88. The molecule has 2 heterocycles. The average molecular weight is 265 g/mol. The van der Waals surface area contributed by atoms with Crippen LogP contribution in [0, 0.1) is 10.1 Å². The Morgan fingerprint density at radius 2 is 2.05 bits per heavy atom. The predicted molar refractivity (Wildman–Crippen MR) is 77.2 cm³/mol. The van der Waals surface area contributed by atoms with Gasteiger partial charge in [0.1, 0.15) is 5.82 Å². The number of benzene rings is 1. The maximum Gasteiger partial charge on any atom is 0.270 e. The molecule has 0 amide bonds. The molecule has 5 nitrogen and oxygen atoms in total. The molecule has 3 rings (SSSR count). The lowest BCUT2D eigenvalue weighted by molar-refractivity contribution is -0.384. The number of hydrogen-bond donors (Lipinski definition) is 0. The maximum absolute atomic E-state index is 10.7. The highest BCUT2D eigenvalue weighted by molar-refractivity contribution is 5.69. The van der Waals surface area contributed by atoms with Crippen LogP contribution in [0.2, 0.25) is 0 Å². The first-order valence-corrected chi connectivity index (χ1v) is 6.09. The molecule has 1 aromatic carbocycles. The van der Waals surface area contributed by atoms with E-state index in [1.54, 1.807) is 12.3 Å². The Hall–Kier alpha value is -2.95. The van der Waals surface area contributed by atoms with Gasteiger partial charge in [0, 0.05) is 18.3 Å². The summed E-state index contributed by atoms with van der Waals surface area (Å²) in [6.07, 6.45) is 7.36. The van der Waals surface area contributed by atoms with E-state index in [9.17, 15) is 10.1 Å². The van der Waals surface area contributed by atoms with E-state index in [1.165, 1.54) is 12.1 Å². The zero-order chi connectivity index (χ0) is 13.9. The molecule has 0 aliphatic heterocycles. The first-order valence-electron chi connectivity index (χ1n) is 6.09. The van der Waals surface area contributed by atoms with Crippen molar-refractivity contribution in [3.05, 3.63) is 76.4 Å². The number of fused-ring (bicyclic) bond motifs is 1. The zero-order valence-corrected chi connectivity index (χ0v) is 10.5. The van der Waals surface area contributed by atoms with E-state index >= 15 is 0 Å². The van der Waals surface area contributed by atoms with Crippen LogP contribution in [0.4, 0.5) is 5.69 Å². The highest BCUT2D eigenvalue weighted by Crippen LogP contribution is 2.16. The summed E-state index contributed by atoms with van der Waals surface area (Å²) in [5.41, 5.74) is 1.86. The van der Waals surface area contributed by atoms with E-state index in [4.69, 9.17) is 0 Å². The van der Waals surface area contributed by atoms with Crippen molar-refractivity contribution in [2.75, 3.05) is 0 Å². The summed E-state index contributed by atoms with van der Waals surface area (Å²) in [7, 11) is 0. The van der Waals surface area contributed by atoms with E-state index in [1.807, 2.05) is 47.0 Å². The van der Waals surface area contributed by atoms with Gasteiger partial charge in [-0.1, -0.05) is 24.3 Å². The SMILES string of the molecule is O=[N+]([O-])c1cccc(/C=C/c2ncc3ccccn23)c1. The van der Waals surface area contributed by atoms with Gasteiger partial charge in [0.2, 0.25) is 0 Å². The fraction of sp³-hybridized carbons (Fsp3) is 0. The number of aromatic nitrogens is 2. The lowest BCUT2D eigenvalue weighted by Gasteiger charge is -1.96. The molecule has 0 bridgehead atoms. The average Bonchev–Trinajstić information content (AvgIpc) is 2.89. The van der Waals surface area contributed by atoms with E-state index < -0.39 is 4.92 Å². The lowest BCUT2D eigenvalue weighted by atomic mass is 10.2. The van der Waals surface area contributed by atoms with Crippen molar-refractivity contribution in [3.8, 4) is 0 Å². The fourth-order valence-electron chi connectivity index (χ4n) is 2.00. The molecular weight excluding hydrogens is 254 g/mol. The normalized spacial score (nSPS) is 11.2. The van der Waals surface area contributed by atoms with Crippen LogP contribution in [0.25, 0.3) is 17.7 Å². The molecular formula is C15H11N3O2. The molecule has 2 aromatic heterocycles. The van der Waals surface area contributed by atoms with E-state index in [-0.39, 0.29) is 5.69 Å². The third-order valence-electron chi connectivity index (χ3n) is 2.97. The zero-order valence-electron chi connectivity index (χ0n) is 10.5. The molecule has 0 saturated carbocycles. The van der Waals surface area contributed by atoms with Crippen molar-refractivity contribution in [3.63, 3.8) is 0 Å². The Morgan fingerprint density at radius 3 is 2.90 bits per heavy atom. The second-order valence-electron chi connectivity index (χ2n) is 4.30. The van der Waals surface area contributed by atoms with Gasteiger partial charge in [0.15, 0.2) is 0 Å².